The largest absolute Gasteiger partial charge is 0.274 e. The second kappa shape index (κ2) is 8.33. The van der Waals surface area contributed by atoms with Gasteiger partial charge < -0.3 is 0 Å². The summed E-state index contributed by atoms with van der Waals surface area (Å²) in [4.78, 5) is 26.2. The Morgan fingerprint density at radius 3 is 2.19 bits per heavy atom. The summed E-state index contributed by atoms with van der Waals surface area (Å²) < 4.78 is 23.6. The van der Waals surface area contributed by atoms with Gasteiger partial charge in [-0.15, -0.1) is 0 Å². The predicted octanol–water partition coefficient (Wildman–Crippen LogP) is 3.47. The molecule has 2 rings (SSSR count). The van der Waals surface area contributed by atoms with Gasteiger partial charge >= 0.3 is 0 Å². The maximum absolute atomic E-state index is 12.5. The van der Waals surface area contributed by atoms with E-state index in [1.165, 1.54) is 4.90 Å². The molecule has 0 atom stereocenters. The van der Waals surface area contributed by atoms with Crippen LogP contribution in [0.2, 0.25) is 0 Å². The fourth-order valence-electron chi connectivity index (χ4n) is 3.07. The third-order valence-corrected chi connectivity index (χ3v) is 6.99. The lowest BCUT2D eigenvalue weighted by Crippen LogP contribution is -2.33. The molecule has 1 aliphatic heterocycles. The van der Waals surface area contributed by atoms with E-state index in [1.54, 1.807) is 19.9 Å². The quantitative estimate of drug-likeness (QED) is 0.486. The molecule has 0 spiro atoms. The number of imide groups is 1. The number of fused-ring (bicyclic) bond motifs is 1. The van der Waals surface area contributed by atoms with Gasteiger partial charge in [0.05, 0.1) is 22.1 Å². The maximum Gasteiger partial charge on any atom is 0.261 e. The number of unbranched alkanes of at least 4 members (excludes halogenated alkanes) is 2. The van der Waals surface area contributed by atoms with Gasteiger partial charge in [-0.3, -0.25) is 14.5 Å². The van der Waals surface area contributed by atoms with Crippen molar-refractivity contribution in [3.63, 3.8) is 0 Å². The molecule has 0 bridgehead atoms. The summed E-state index contributed by atoms with van der Waals surface area (Å²) in [5, 5.41) is -0.323. The highest BCUT2D eigenvalue weighted by molar-refractivity contribution is 7.91. The second-order valence-corrected chi connectivity index (χ2v) is 10.4. The smallest absolute Gasteiger partial charge is 0.261 e. The van der Waals surface area contributed by atoms with Crippen LogP contribution in [0, 0.1) is 5.92 Å². The number of hydrogen-bond donors (Lipinski definition) is 0. The second-order valence-electron chi connectivity index (χ2n) is 7.72. The normalized spacial score (nSPS) is 14.6. The van der Waals surface area contributed by atoms with Crippen LogP contribution in [0.3, 0.4) is 0 Å². The van der Waals surface area contributed by atoms with Crippen molar-refractivity contribution < 1.29 is 18.0 Å². The van der Waals surface area contributed by atoms with Gasteiger partial charge in [-0.2, -0.15) is 0 Å². The van der Waals surface area contributed by atoms with Crippen molar-refractivity contribution >= 4 is 21.7 Å². The van der Waals surface area contributed by atoms with Crippen LogP contribution in [0.4, 0.5) is 0 Å². The number of amides is 2. The maximum atomic E-state index is 12.5. The van der Waals surface area contributed by atoms with Gasteiger partial charge in [-0.25, -0.2) is 8.42 Å². The van der Waals surface area contributed by atoms with Crippen molar-refractivity contribution in [1.82, 2.24) is 4.90 Å². The zero-order valence-corrected chi connectivity index (χ0v) is 16.9. The summed E-state index contributed by atoms with van der Waals surface area (Å²) in [5.41, 5.74) is 2.00. The fraction of sp³-hybridized carbons (Fsp3) is 0.600. The molecule has 1 aromatic rings. The van der Waals surface area contributed by atoms with Crippen molar-refractivity contribution in [2.75, 3.05) is 12.3 Å². The average molecular weight is 380 g/mol. The number of aryl methyl sites for hydroxylation is 1. The van der Waals surface area contributed by atoms with Gasteiger partial charge in [0.25, 0.3) is 11.8 Å². The van der Waals surface area contributed by atoms with E-state index in [9.17, 15) is 18.0 Å². The molecule has 0 unspecified atom stereocenters. The van der Waals surface area contributed by atoms with E-state index in [0.717, 1.165) is 24.8 Å². The monoisotopic (exact) mass is 379 g/mol. The Morgan fingerprint density at radius 1 is 0.923 bits per heavy atom. The molecule has 0 saturated carbocycles. The van der Waals surface area contributed by atoms with Gasteiger partial charge in [0.2, 0.25) is 0 Å². The predicted molar refractivity (Wildman–Crippen MR) is 103 cm³/mol. The Hall–Kier alpha value is -1.69. The highest BCUT2D eigenvalue weighted by Crippen LogP contribution is 2.25. The topological polar surface area (TPSA) is 71.5 Å². The number of hydrogen-bond acceptors (Lipinski definition) is 4. The van der Waals surface area contributed by atoms with Crippen molar-refractivity contribution in [3.05, 3.63) is 34.9 Å². The van der Waals surface area contributed by atoms with E-state index in [2.05, 4.69) is 0 Å². The summed E-state index contributed by atoms with van der Waals surface area (Å²) in [6.07, 6.45) is 3.13. The van der Waals surface area contributed by atoms with Crippen LogP contribution < -0.4 is 0 Å². The summed E-state index contributed by atoms with van der Waals surface area (Å²) in [5.74, 6) is 0.0537. The highest BCUT2D eigenvalue weighted by Gasteiger charge is 2.35. The summed E-state index contributed by atoms with van der Waals surface area (Å²) >= 11 is 0. The first-order valence-electron chi connectivity index (χ1n) is 9.34. The number of nitrogens with zero attached hydrogens (tertiary/aromatic N) is 1. The molecule has 0 aromatic heterocycles. The lowest BCUT2D eigenvalue weighted by molar-refractivity contribution is 0.0636. The Morgan fingerprint density at radius 2 is 1.58 bits per heavy atom. The van der Waals surface area contributed by atoms with E-state index < -0.39 is 9.84 Å². The van der Waals surface area contributed by atoms with Crippen LogP contribution in [0.5, 0.6) is 0 Å². The minimum absolute atomic E-state index is 0.204. The molecule has 0 saturated heterocycles. The summed E-state index contributed by atoms with van der Waals surface area (Å²) in [6, 6.07) is 5.46. The molecule has 2 amide bonds. The lowest BCUT2D eigenvalue weighted by Gasteiger charge is -2.15. The molecule has 0 aliphatic carbocycles. The molecule has 0 radical (unpaired) electrons. The van der Waals surface area contributed by atoms with Crippen molar-refractivity contribution in [2.45, 2.75) is 58.6 Å². The van der Waals surface area contributed by atoms with E-state index in [0.29, 0.717) is 24.1 Å². The fourth-order valence-corrected chi connectivity index (χ4v) is 4.15. The molecule has 0 fully saturated rings. The average Bonchev–Trinajstić information content (AvgIpc) is 2.78. The third kappa shape index (κ3) is 4.72. The molecular weight excluding hydrogens is 350 g/mol. The summed E-state index contributed by atoms with van der Waals surface area (Å²) in [6.45, 7) is 7.82. The minimum Gasteiger partial charge on any atom is -0.274 e. The molecule has 144 valence electrons. The highest BCUT2D eigenvalue weighted by atomic mass is 32.2. The minimum atomic E-state index is -2.97. The standard InChI is InChI=1S/C20H29NO4S/c1-14(2)13-21-19(22)17-10-9-16(12-18(17)20(21)23)8-6-5-7-11-26(24,25)15(3)4/h9-10,12,14-15H,5-8,11,13H2,1-4H3. The van der Waals surface area contributed by atoms with Crippen LogP contribution in [-0.4, -0.2) is 42.7 Å². The first-order valence-corrected chi connectivity index (χ1v) is 11.1. The van der Waals surface area contributed by atoms with E-state index in [1.807, 2.05) is 26.0 Å². The van der Waals surface area contributed by atoms with Gasteiger partial charge in [0.15, 0.2) is 9.84 Å². The number of carbonyl (C=O) groups excluding carboxylic acids is 2. The zero-order valence-electron chi connectivity index (χ0n) is 16.1. The molecule has 1 aliphatic rings. The first-order chi connectivity index (χ1) is 12.1. The summed E-state index contributed by atoms with van der Waals surface area (Å²) in [7, 11) is -2.97. The van der Waals surface area contributed by atoms with Gasteiger partial charge in [0.1, 0.15) is 0 Å². The molecule has 1 aromatic carbocycles. The van der Waals surface area contributed by atoms with Crippen LogP contribution in [0.15, 0.2) is 18.2 Å². The Balaban J connectivity index is 1.92. The van der Waals surface area contributed by atoms with Gasteiger partial charge in [-0.05, 0) is 56.7 Å². The molecule has 5 nitrogen and oxygen atoms in total. The molecular formula is C20H29NO4S. The number of sulfone groups is 1. The Kier molecular flexibility index (Phi) is 6.61. The SMILES string of the molecule is CC(C)CN1C(=O)c2ccc(CCCCCS(=O)(=O)C(C)C)cc2C1=O. The molecule has 1 heterocycles. The number of benzene rings is 1. The van der Waals surface area contributed by atoms with E-state index in [4.69, 9.17) is 0 Å². The number of rotatable bonds is 9. The zero-order chi connectivity index (χ0) is 19.5. The first kappa shape index (κ1) is 20.6. The van der Waals surface area contributed by atoms with Crippen LogP contribution >= 0.6 is 0 Å². The molecule has 26 heavy (non-hydrogen) atoms. The Labute approximate surface area is 156 Å². The van der Waals surface area contributed by atoms with Crippen LogP contribution in [0.25, 0.3) is 0 Å². The van der Waals surface area contributed by atoms with E-state index >= 15 is 0 Å². The van der Waals surface area contributed by atoms with Crippen LogP contribution in [-0.2, 0) is 16.3 Å². The molecule has 6 heteroatoms. The van der Waals surface area contributed by atoms with Gasteiger partial charge in [0, 0.05) is 6.54 Å². The lowest BCUT2D eigenvalue weighted by atomic mass is 10.0. The van der Waals surface area contributed by atoms with Crippen molar-refractivity contribution in [1.29, 1.82) is 0 Å². The van der Waals surface area contributed by atoms with E-state index in [-0.39, 0.29) is 28.7 Å². The van der Waals surface area contributed by atoms with Crippen molar-refractivity contribution in [3.8, 4) is 0 Å². The van der Waals surface area contributed by atoms with Crippen LogP contribution in [0.1, 0.15) is 73.2 Å². The van der Waals surface area contributed by atoms with Gasteiger partial charge in [-0.1, -0.05) is 26.3 Å². The number of carbonyl (C=O) groups is 2. The Bertz CT molecular complexity index is 781. The third-order valence-electron chi connectivity index (χ3n) is 4.70. The van der Waals surface area contributed by atoms with Crippen molar-refractivity contribution in [2.24, 2.45) is 5.92 Å². The molecule has 0 N–H and O–H groups in total.